The van der Waals surface area contributed by atoms with Gasteiger partial charge >= 0.3 is 0 Å². The Bertz CT molecular complexity index is 1350. The summed E-state index contributed by atoms with van der Waals surface area (Å²) in [6.45, 7) is 1.84. The summed E-state index contributed by atoms with van der Waals surface area (Å²) in [5, 5.41) is 2.83. The first kappa shape index (κ1) is 22.8. The lowest BCUT2D eigenvalue weighted by Crippen LogP contribution is -2.15. The van der Waals surface area contributed by atoms with Gasteiger partial charge in [-0.15, -0.1) is 0 Å². The van der Waals surface area contributed by atoms with E-state index in [1.165, 1.54) is 19.2 Å². The summed E-state index contributed by atoms with van der Waals surface area (Å²) in [5.74, 6) is -0.574. The van der Waals surface area contributed by atoms with Crippen LogP contribution in [0.2, 0.25) is 0 Å². The van der Waals surface area contributed by atoms with Gasteiger partial charge in [0.25, 0.3) is 5.91 Å². The van der Waals surface area contributed by atoms with Gasteiger partial charge in [-0.3, -0.25) is 19.6 Å². The Labute approximate surface area is 196 Å². The number of ketones is 1. The zero-order chi connectivity index (χ0) is 24.1. The van der Waals surface area contributed by atoms with E-state index < -0.39 is 5.91 Å². The molecule has 1 N–H and O–H groups in total. The molecule has 0 unspecified atom stereocenters. The first-order chi connectivity index (χ1) is 16.5. The van der Waals surface area contributed by atoms with E-state index in [2.05, 4.69) is 15.3 Å². The molecule has 0 bridgehead atoms. The summed E-state index contributed by atoms with van der Waals surface area (Å²) >= 11 is 0. The van der Waals surface area contributed by atoms with Gasteiger partial charge in [0.05, 0.1) is 18.4 Å². The number of halogens is 1. The Kier molecular flexibility index (Phi) is 6.73. The van der Waals surface area contributed by atoms with Crippen molar-refractivity contribution in [3.63, 3.8) is 0 Å². The Morgan fingerprint density at radius 1 is 1.03 bits per heavy atom. The lowest BCUT2D eigenvalue weighted by Gasteiger charge is -2.12. The minimum absolute atomic E-state index is 0.0847. The molecule has 0 atom stereocenters. The van der Waals surface area contributed by atoms with E-state index in [9.17, 15) is 14.0 Å². The number of amides is 1. The number of Topliss-reactive ketones (excluding diaryl/α,β-unsaturated/α-hetero) is 1. The molecular weight excluding hydrogens is 433 g/mol. The zero-order valence-corrected chi connectivity index (χ0v) is 18.7. The number of carbonyl (C=O) groups is 2. The van der Waals surface area contributed by atoms with Gasteiger partial charge in [0, 0.05) is 41.8 Å². The average molecular weight is 455 g/mol. The number of hydrogen-bond acceptors (Lipinski definition) is 5. The van der Waals surface area contributed by atoms with Gasteiger partial charge in [-0.25, -0.2) is 4.39 Å². The predicted molar refractivity (Wildman–Crippen MR) is 128 cm³/mol. The highest BCUT2D eigenvalue weighted by Gasteiger charge is 2.17. The third-order valence-electron chi connectivity index (χ3n) is 5.37. The van der Waals surface area contributed by atoms with Crippen molar-refractivity contribution in [2.75, 3.05) is 12.4 Å². The SMILES string of the molecule is COc1ccc(C(=O)Cc2ccc(-c3ccccc3F)nc2)cc1C(=O)Nc1ccncc1C. The van der Waals surface area contributed by atoms with Crippen LogP contribution in [0.5, 0.6) is 5.75 Å². The van der Waals surface area contributed by atoms with Crippen LogP contribution in [0.25, 0.3) is 11.3 Å². The van der Waals surface area contributed by atoms with Gasteiger partial charge in [0.15, 0.2) is 5.78 Å². The lowest BCUT2D eigenvalue weighted by molar-refractivity contribution is 0.0993. The molecule has 0 aliphatic heterocycles. The molecule has 0 aliphatic rings. The van der Waals surface area contributed by atoms with Crippen molar-refractivity contribution in [3.8, 4) is 17.0 Å². The minimum Gasteiger partial charge on any atom is -0.496 e. The normalized spacial score (nSPS) is 10.6. The second-order valence-corrected chi connectivity index (χ2v) is 7.69. The largest absolute Gasteiger partial charge is 0.496 e. The van der Waals surface area contributed by atoms with E-state index in [1.54, 1.807) is 67.1 Å². The van der Waals surface area contributed by atoms with Gasteiger partial charge < -0.3 is 10.1 Å². The van der Waals surface area contributed by atoms with Crippen LogP contribution in [0.3, 0.4) is 0 Å². The van der Waals surface area contributed by atoms with Crippen molar-refractivity contribution < 1.29 is 18.7 Å². The van der Waals surface area contributed by atoms with Crippen LogP contribution >= 0.6 is 0 Å². The van der Waals surface area contributed by atoms with Crippen LogP contribution < -0.4 is 10.1 Å². The second-order valence-electron chi connectivity index (χ2n) is 7.69. The number of benzene rings is 2. The van der Waals surface area contributed by atoms with E-state index in [4.69, 9.17) is 4.74 Å². The fraction of sp³-hybridized carbons (Fsp3) is 0.111. The number of anilines is 1. The first-order valence-electron chi connectivity index (χ1n) is 10.6. The molecule has 0 spiro atoms. The number of hydrogen-bond donors (Lipinski definition) is 1. The molecule has 7 heteroatoms. The smallest absolute Gasteiger partial charge is 0.259 e. The molecule has 0 radical (unpaired) electrons. The van der Waals surface area contributed by atoms with Crippen LogP contribution in [-0.2, 0) is 6.42 Å². The molecule has 170 valence electrons. The molecular formula is C27H22FN3O3. The minimum atomic E-state index is -0.392. The molecule has 0 saturated heterocycles. The number of carbonyl (C=O) groups excluding carboxylic acids is 2. The van der Waals surface area contributed by atoms with E-state index in [1.807, 2.05) is 6.92 Å². The maximum atomic E-state index is 14.0. The number of nitrogens with zero attached hydrogens (tertiary/aromatic N) is 2. The fourth-order valence-corrected chi connectivity index (χ4v) is 3.51. The predicted octanol–water partition coefficient (Wildman–Crippen LogP) is 5.28. The summed E-state index contributed by atoms with van der Waals surface area (Å²) < 4.78 is 19.3. The summed E-state index contributed by atoms with van der Waals surface area (Å²) in [5.41, 5.74) is 3.63. The summed E-state index contributed by atoms with van der Waals surface area (Å²) in [6.07, 6.45) is 4.88. The van der Waals surface area contributed by atoms with Crippen molar-refractivity contribution >= 4 is 17.4 Å². The third kappa shape index (κ3) is 4.99. The molecule has 2 aromatic carbocycles. The van der Waals surface area contributed by atoms with Crippen LogP contribution in [0.1, 0.15) is 31.8 Å². The quantitative estimate of drug-likeness (QED) is 0.384. The lowest BCUT2D eigenvalue weighted by atomic mass is 10.0. The monoisotopic (exact) mass is 455 g/mol. The van der Waals surface area contributed by atoms with E-state index in [-0.39, 0.29) is 23.6 Å². The highest BCUT2D eigenvalue weighted by Crippen LogP contribution is 2.24. The number of pyridine rings is 2. The summed E-state index contributed by atoms with van der Waals surface area (Å²) in [7, 11) is 1.47. The summed E-state index contributed by atoms with van der Waals surface area (Å²) in [6, 6.07) is 16.3. The Balaban J connectivity index is 1.53. The molecule has 1 amide bonds. The van der Waals surface area contributed by atoms with E-state index in [0.717, 1.165) is 5.56 Å². The molecule has 0 saturated carbocycles. The molecule has 0 fully saturated rings. The third-order valence-corrected chi connectivity index (χ3v) is 5.37. The van der Waals surface area contributed by atoms with Gasteiger partial charge in [-0.1, -0.05) is 18.2 Å². The van der Waals surface area contributed by atoms with Gasteiger partial charge in [0.1, 0.15) is 11.6 Å². The van der Waals surface area contributed by atoms with Crippen molar-refractivity contribution in [2.24, 2.45) is 0 Å². The number of ether oxygens (including phenoxy) is 1. The molecule has 4 aromatic rings. The standard InChI is InChI=1S/C27H22FN3O3/c1-17-15-29-12-11-23(17)31-27(33)21-14-19(8-10-26(21)34-2)25(32)13-18-7-9-24(30-16-18)20-5-3-4-6-22(20)28/h3-12,14-16H,13H2,1-2H3,(H,29,31,33). The van der Waals surface area contributed by atoms with Crippen LogP contribution in [-0.4, -0.2) is 28.8 Å². The van der Waals surface area contributed by atoms with Gasteiger partial charge in [-0.05, 0) is 60.5 Å². The van der Waals surface area contributed by atoms with Crippen molar-refractivity contribution in [1.82, 2.24) is 9.97 Å². The maximum absolute atomic E-state index is 14.0. The van der Waals surface area contributed by atoms with Crippen LogP contribution in [0.15, 0.2) is 79.3 Å². The highest BCUT2D eigenvalue weighted by atomic mass is 19.1. The van der Waals surface area contributed by atoms with Gasteiger partial charge in [0.2, 0.25) is 0 Å². The van der Waals surface area contributed by atoms with Crippen molar-refractivity contribution in [2.45, 2.75) is 13.3 Å². The van der Waals surface area contributed by atoms with Crippen LogP contribution in [0.4, 0.5) is 10.1 Å². The zero-order valence-electron chi connectivity index (χ0n) is 18.7. The number of aryl methyl sites for hydroxylation is 1. The second kappa shape index (κ2) is 10.0. The summed E-state index contributed by atoms with van der Waals surface area (Å²) in [4.78, 5) is 34.2. The molecule has 6 nitrogen and oxygen atoms in total. The fourth-order valence-electron chi connectivity index (χ4n) is 3.51. The molecule has 2 heterocycles. The number of methoxy groups -OCH3 is 1. The molecule has 2 aromatic heterocycles. The van der Waals surface area contributed by atoms with E-state index >= 15 is 0 Å². The Morgan fingerprint density at radius 3 is 2.56 bits per heavy atom. The Hall–Kier alpha value is -4.39. The topological polar surface area (TPSA) is 81.2 Å². The van der Waals surface area contributed by atoms with Gasteiger partial charge in [-0.2, -0.15) is 0 Å². The van der Waals surface area contributed by atoms with Crippen molar-refractivity contribution in [3.05, 3.63) is 107 Å². The van der Waals surface area contributed by atoms with E-state index in [0.29, 0.717) is 33.8 Å². The number of nitrogens with one attached hydrogen (secondary N) is 1. The highest BCUT2D eigenvalue weighted by molar-refractivity contribution is 6.08. The van der Waals surface area contributed by atoms with Crippen LogP contribution in [0, 0.1) is 12.7 Å². The molecule has 4 rings (SSSR count). The number of aromatic nitrogens is 2. The number of rotatable bonds is 7. The maximum Gasteiger partial charge on any atom is 0.259 e. The molecule has 0 aliphatic carbocycles. The Morgan fingerprint density at radius 2 is 1.85 bits per heavy atom. The van der Waals surface area contributed by atoms with Crippen molar-refractivity contribution in [1.29, 1.82) is 0 Å². The molecule has 34 heavy (non-hydrogen) atoms. The first-order valence-corrected chi connectivity index (χ1v) is 10.6. The average Bonchev–Trinajstić information content (AvgIpc) is 2.86.